The Labute approximate surface area is 127 Å². The Kier molecular flexibility index (Phi) is 5.01. The van der Waals surface area contributed by atoms with Gasteiger partial charge in [-0.25, -0.2) is 4.79 Å². The number of carbonyl (C=O) groups is 1. The summed E-state index contributed by atoms with van der Waals surface area (Å²) in [5.74, 6) is 0.269. The van der Waals surface area contributed by atoms with E-state index >= 15 is 0 Å². The van der Waals surface area contributed by atoms with E-state index in [1.807, 2.05) is 39.0 Å². The van der Waals surface area contributed by atoms with Gasteiger partial charge in [0.1, 0.15) is 0 Å². The summed E-state index contributed by atoms with van der Waals surface area (Å²) in [5.41, 5.74) is 7.08. The number of carbonyl (C=O) groups excluding carboxylic acids is 1. The topological polar surface area (TPSA) is 55.6 Å². The molecule has 0 spiro atoms. The SMILES string of the molecule is CC(C)(C)C(=O)ON1CCC(C(N)c2ccccc2)CC1. The summed E-state index contributed by atoms with van der Waals surface area (Å²) in [7, 11) is 0. The average molecular weight is 290 g/mol. The highest BCUT2D eigenvalue weighted by atomic mass is 16.7. The molecule has 1 aliphatic rings. The molecule has 4 nitrogen and oxygen atoms in total. The van der Waals surface area contributed by atoms with Gasteiger partial charge in [-0.1, -0.05) is 30.3 Å². The fraction of sp³-hybridized carbons (Fsp3) is 0.588. The van der Waals surface area contributed by atoms with E-state index < -0.39 is 5.41 Å². The molecule has 1 fully saturated rings. The van der Waals surface area contributed by atoms with E-state index in [0.29, 0.717) is 5.92 Å². The van der Waals surface area contributed by atoms with Crippen LogP contribution in [0.3, 0.4) is 0 Å². The van der Waals surface area contributed by atoms with E-state index in [-0.39, 0.29) is 12.0 Å². The van der Waals surface area contributed by atoms with Gasteiger partial charge < -0.3 is 10.6 Å². The van der Waals surface area contributed by atoms with E-state index in [2.05, 4.69) is 12.1 Å². The van der Waals surface area contributed by atoms with E-state index in [0.717, 1.165) is 25.9 Å². The summed E-state index contributed by atoms with van der Waals surface area (Å²) in [6.45, 7) is 7.12. The lowest BCUT2D eigenvalue weighted by Gasteiger charge is -2.34. The van der Waals surface area contributed by atoms with Crippen LogP contribution in [0.1, 0.15) is 45.2 Å². The predicted octanol–water partition coefficient (Wildman–Crippen LogP) is 2.90. The molecule has 4 heteroatoms. The number of hydrogen-bond acceptors (Lipinski definition) is 4. The minimum absolute atomic E-state index is 0.0617. The molecule has 116 valence electrons. The van der Waals surface area contributed by atoms with Crippen LogP contribution in [0.4, 0.5) is 0 Å². The van der Waals surface area contributed by atoms with Crippen molar-refractivity contribution in [3.63, 3.8) is 0 Å². The third kappa shape index (κ3) is 4.29. The number of benzene rings is 1. The maximum absolute atomic E-state index is 11.9. The highest BCUT2D eigenvalue weighted by Gasteiger charge is 2.30. The lowest BCUT2D eigenvalue weighted by molar-refractivity contribution is -0.206. The quantitative estimate of drug-likeness (QED) is 0.930. The van der Waals surface area contributed by atoms with Crippen molar-refractivity contribution in [1.29, 1.82) is 0 Å². The second-order valence-electron chi connectivity index (χ2n) is 6.83. The maximum Gasteiger partial charge on any atom is 0.330 e. The Hall–Kier alpha value is -1.39. The fourth-order valence-electron chi connectivity index (χ4n) is 2.53. The highest BCUT2D eigenvalue weighted by molar-refractivity contribution is 5.75. The van der Waals surface area contributed by atoms with Crippen LogP contribution in [-0.2, 0) is 9.63 Å². The number of nitrogens with two attached hydrogens (primary N) is 1. The predicted molar refractivity (Wildman–Crippen MR) is 83.2 cm³/mol. The zero-order valence-electron chi connectivity index (χ0n) is 13.2. The molecule has 2 N–H and O–H groups in total. The molecule has 0 aliphatic carbocycles. The smallest absolute Gasteiger partial charge is 0.330 e. The molecule has 1 aliphatic heterocycles. The molecular weight excluding hydrogens is 264 g/mol. The standard InChI is InChI=1S/C17H26N2O2/c1-17(2,3)16(20)21-19-11-9-14(10-12-19)15(18)13-7-5-4-6-8-13/h4-8,14-15H,9-12,18H2,1-3H3. The first kappa shape index (κ1) is 16.0. The lowest BCUT2D eigenvalue weighted by atomic mass is 9.86. The molecule has 0 radical (unpaired) electrons. The van der Waals surface area contributed by atoms with Crippen LogP contribution in [-0.4, -0.2) is 24.1 Å². The fourth-order valence-corrected chi connectivity index (χ4v) is 2.53. The van der Waals surface area contributed by atoms with Crippen molar-refractivity contribution in [3.05, 3.63) is 35.9 Å². The normalized spacial score (nSPS) is 19.2. The van der Waals surface area contributed by atoms with E-state index in [4.69, 9.17) is 10.6 Å². The minimum Gasteiger partial charge on any atom is -0.367 e. The first-order valence-electron chi connectivity index (χ1n) is 7.66. The molecule has 0 aromatic heterocycles. The molecule has 1 aromatic rings. The number of hydrogen-bond donors (Lipinski definition) is 1. The first-order chi connectivity index (χ1) is 9.88. The van der Waals surface area contributed by atoms with Gasteiger partial charge in [0, 0.05) is 19.1 Å². The van der Waals surface area contributed by atoms with E-state index in [1.165, 1.54) is 5.56 Å². The van der Waals surface area contributed by atoms with Gasteiger partial charge in [-0.2, -0.15) is 0 Å². The van der Waals surface area contributed by atoms with Crippen LogP contribution < -0.4 is 5.73 Å². The molecule has 1 saturated heterocycles. The molecule has 0 bridgehead atoms. The third-order valence-electron chi connectivity index (χ3n) is 4.02. The summed E-state index contributed by atoms with van der Waals surface area (Å²) in [6.07, 6.45) is 1.90. The number of rotatable bonds is 3. The third-order valence-corrected chi connectivity index (χ3v) is 4.02. The number of piperidine rings is 1. The van der Waals surface area contributed by atoms with Crippen LogP contribution >= 0.6 is 0 Å². The van der Waals surface area contributed by atoms with Crippen molar-refractivity contribution in [3.8, 4) is 0 Å². The van der Waals surface area contributed by atoms with Gasteiger partial charge >= 0.3 is 5.97 Å². The Morgan fingerprint density at radius 3 is 2.33 bits per heavy atom. The van der Waals surface area contributed by atoms with Crippen molar-refractivity contribution >= 4 is 5.97 Å². The molecule has 1 atom stereocenters. The Morgan fingerprint density at radius 2 is 1.81 bits per heavy atom. The molecular formula is C17H26N2O2. The molecule has 1 aromatic carbocycles. The summed E-state index contributed by atoms with van der Waals surface area (Å²) in [4.78, 5) is 17.3. The zero-order valence-corrected chi connectivity index (χ0v) is 13.2. The van der Waals surface area contributed by atoms with Crippen LogP contribution in [0.2, 0.25) is 0 Å². The van der Waals surface area contributed by atoms with Gasteiger partial charge in [-0.05, 0) is 45.1 Å². The van der Waals surface area contributed by atoms with E-state index in [1.54, 1.807) is 5.06 Å². The molecule has 0 saturated carbocycles. The Balaban J connectivity index is 1.85. The van der Waals surface area contributed by atoms with Crippen LogP contribution in [0.25, 0.3) is 0 Å². The lowest BCUT2D eigenvalue weighted by Crippen LogP contribution is -2.40. The van der Waals surface area contributed by atoms with Crippen molar-refractivity contribution in [1.82, 2.24) is 5.06 Å². The van der Waals surface area contributed by atoms with Crippen LogP contribution in [0.15, 0.2) is 30.3 Å². The second-order valence-corrected chi connectivity index (χ2v) is 6.83. The van der Waals surface area contributed by atoms with Crippen molar-refractivity contribution in [2.75, 3.05) is 13.1 Å². The van der Waals surface area contributed by atoms with Gasteiger partial charge in [0.25, 0.3) is 0 Å². The number of hydroxylamine groups is 2. The van der Waals surface area contributed by atoms with Crippen LogP contribution in [0, 0.1) is 11.3 Å². The van der Waals surface area contributed by atoms with Crippen LogP contribution in [0.5, 0.6) is 0 Å². The van der Waals surface area contributed by atoms with Gasteiger partial charge in [0.05, 0.1) is 5.41 Å². The Morgan fingerprint density at radius 1 is 1.24 bits per heavy atom. The monoisotopic (exact) mass is 290 g/mol. The van der Waals surface area contributed by atoms with Gasteiger partial charge in [-0.15, -0.1) is 5.06 Å². The second kappa shape index (κ2) is 6.58. The van der Waals surface area contributed by atoms with Crippen molar-refractivity contribution < 1.29 is 9.63 Å². The summed E-state index contributed by atoms with van der Waals surface area (Å²) in [5, 5.41) is 1.78. The summed E-state index contributed by atoms with van der Waals surface area (Å²) >= 11 is 0. The number of nitrogens with zero attached hydrogens (tertiary/aromatic N) is 1. The largest absolute Gasteiger partial charge is 0.367 e. The Bertz CT molecular complexity index is 459. The first-order valence-corrected chi connectivity index (χ1v) is 7.66. The van der Waals surface area contributed by atoms with Gasteiger partial charge in [0.2, 0.25) is 0 Å². The molecule has 0 amide bonds. The van der Waals surface area contributed by atoms with Gasteiger partial charge in [-0.3, -0.25) is 0 Å². The summed E-state index contributed by atoms with van der Waals surface area (Å²) in [6, 6.07) is 10.3. The molecule has 1 unspecified atom stereocenters. The van der Waals surface area contributed by atoms with Crippen molar-refractivity contribution in [2.45, 2.75) is 39.7 Å². The van der Waals surface area contributed by atoms with E-state index in [9.17, 15) is 4.79 Å². The average Bonchev–Trinajstić information content (AvgIpc) is 2.47. The maximum atomic E-state index is 11.9. The molecule has 1 heterocycles. The van der Waals surface area contributed by atoms with Crippen molar-refractivity contribution in [2.24, 2.45) is 17.1 Å². The van der Waals surface area contributed by atoms with Gasteiger partial charge in [0.15, 0.2) is 0 Å². The molecule has 2 rings (SSSR count). The minimum atomic E-state index is -0.461. The zero-order chi connectivity index (χ0) is 15.5. The highest BCUT2D eigenvalue weighted by Crippen LogP contribution is 2.29. The summed E-state index contributed by atoms with van der Waals surface area (Å²) < 4.78 is 0. The molecule has 21 heavy (non-hydrogen) atoms.